The Balaban J connectivity index is 0.00000261. The number of unbranched alkanes of at least 4 members (excludes halogenated alkanes) is 1. The van der Waals surface area contributed by atoms with Gasteiger partial charge in [0, 0.05) is 51.0 Å². The Hall–Kier alpha value is -1.57. The van der Waals surface area contributed by atoms with E-state index in [0.717, 1.165) is 57.3 Å². The largest absolute Gasteiger partial charge is 0.357 e. The third kappa shape index (κ3) is 6.23. The van der Waals surface area contributed by atoms with Crippen molar-refractivity contribution in [3.8, 4) is 0 Å². The van der Waals surface area contributed by atoms with Gasteiger partial charge in [-0.05, 0) is 38.7 Å². The molecular weight excluding hydrogens is 449 g/mol. The van der Waals surface area contributed by atoms with Gasteiger partial charge in [0.1, 0.15) is 5.82 Å². The Morgan fingerprint density at radius 3 is 2.78 bits per heavy atom. The number of aromatic nitrogens is 2. The summed E-state index contributed by atoms with van der Waals surface area (Å²) < 4.78 is 2.21. The molecular formula is C21H32IN5. The Bertz CT molecular complexity index is 698. The first kappa shape index (κ1) is 21.7. The SMILES string of the molecule is CCNC(=NCCCCn1ccnc1C)N1CCC(c2ccccc2)C1.I. The summed E-state index contributed by atoms with van der Waals surface area (Å²) in [6, 6.07) is 10.9. The first-order chi connectivity index (χ1) is 12.8. The van der Waals surface area contributed by atoms with Crippen molar-refractivity contribution in [2.75, 3.05) is 26.2 Å². The van der Waals surface area contributed by atoms with Gasteiger partial charge in [0.25, 0.3) is 0 Å². The van der Waals surface area contributed by atoms with Gasteiger partial charge in [0.05, 0.1) is 0 Å². The van der Waals surface area contributed by atoms with Gasteiger partial charge in [-0.3, -0.25) is 4.99 Å². The Kier molecular flexibility index (Phi) is 9.10. The number of nitrogens with zero attached hydrogens (tertiary/aromatic N) is 4. The van der Waals surface area contributed by atoms with E-state index in [1.165, 1.54) is 12.0 Å². The predicted molar refractivity (Wildman–Crippen MR) is 123 cm³/mol. The Labute approximate surface area is 180 Å². The van der Waals surface area contributed by atoms with Crippen molar-refractivity contribution in [2.24, 2.45) is 4.99 Å². The van der Waals surface area contributed by atoms with Crippen LogP contribution in [0.25, 0.3) is 0 Å². The minimum Gasteiger partial charge on any atom is -0.357 e. The molecule has 5 nitrogen and oxygen atoms in total. The third-order valence-corrected chi connectivity index (χ3v) is 5.09. The highest BCUT2D eigenvalue weighted by molar-refractivity contribution is 14.0. The van der Waals surface area contributed by atoms with Gasteiger partial charge < -0.3 is 14.8 Å². The fraction of sp³-hybridized carbons (Fsp3) is 0.524. The lowest BCUT2D eigenvalue weighted by atomic mass is 9.99. The fourth-order valence-corrected chi connectivity index (χ4v) is 3.59. The quantitative estimate of drug-likeness (QED) is 0.281. The van der Waals surface area contributed by atoms with E-state index in [-0.39, 0.29) is 24.0 Å². The molecule has 0 saturated carbocycles. The van der Waals surface area contributed by atoms with Crippen LogP contribution in [0, 0.1) is 6.92 Å². The molecule has 1 unspecified atom stereocenters. The average molecular weight is 481 g/mol. The van der Waals surface area contributed by atoms with Crippen LogP contribution < -0.4 is 5.32 Å². The van der Waals surface area contributed by atoms with Crippen LogP contribution in [0.5, 0.6) is 0 Å². The zero-order chi connectivity index (χ0) is 18.2. The molecule has 1 aromatic carbocycles. The molecule has 1 aliphatic heterocycles. The predicted octanol–water partition coefficient (Wildman–Crippen LogP) is 4.04. The summed E-state index contributed by atoms with van der Waals surface area (Å²) in [4.78, 5) is 11.6. The first-order valence-electron chi connectivity index (χ1n) is 9.84. The Morgan fingerprint density at radius 1 is 1.26 bits per heavy atom. The smallest absolute Gasteiger partial charge is 0.193 e. The summed E-state index contributed by atoms with van der Waals surface area (Å²) in [7, 11) is 0. The van der Waals surface area contributed by atoms with Gasteiger partial charge in [0.15, 0.2) is 5.96 Å². The molecule has 3 rings (SSSR count). The molecule has 1 atom stereocenters. The molecule has 0 radical (unpaired) electrons. The monoisotopic (exact) mass is 481 g/mol. The van der Waals surface area contributed by atoms with Crippen molar-refractivity contribution >= 4 is 29.9 Å². The van der Waals surface area contributed by atoms with Gasteiger partial charge in [0.2, 0.25) is 0 Å². The van der Waals surface area contributed by atoms with Crippen LogP contribution in [0.2, 0.25) is 0 Å². The van der Waals surface area contributed by atoms with E-state index in [9.17, 15) is 0 Å². The van der Waals surface area contributed by atoms with E-state index in [1.54, 1.807) is 0 Å². The normalized spacial score (nSPS) is 17.0. The summed E-state index contributed by atoms with van der Waals surface area (Å²) in [6.45, 7) is 9.16. The number of hydrogen-bond acceptors (Lipinski definition) is 2. The van der Waals surface area contributed by atoms with Crippen molar-refractivity contribution in [2.45, 2.75) is 45.6 Å². The molecule has 1 saturated heterocycles. The maximum atomic E-state index is 4.87. The zero-order valence-electron chi connectivity index (χ0n) is 16.5. The molecule has 27 heavy (non-hydrogen) atoms. The molecule has 1 fully saturated rings. The number of nitrogens with one attached hydrogen (secondary N) is 1. The van der Waals surface area contributed by atoms with Crippen LogP contribution in [0.4, 0.5) is 0 Å². The lowest BCUT2D eigenvalue weighted by Crippen LogP contribution is -2.40. The highest BCUT2D eigenvalue weighted by Gasteiger charge is 2.25. The van der Waals surface area contributed by atoms with Gasteiger partial charge in [-0.1, -0.05) is 30.3 Å². The van der Waals surface area contributed by atoms with E-state index in [1.807, 2.05) is 6.20 Å². The molecule has 0 spiro atoms. The first-order valence-corrected chi connectivity index (χ1v) is 9.84. The second-order valence-corrected chi connectivity index (χ2v) is 6.95. The van der Waals surface area contributed by atoms with Crippen molar-refractivity contribution in [1.82, 2.24) is 19.8 Å². The number of guanidine groups is 1. The maximum Gasteiger partial charge on any atom is 0.193 e. The molecule has 2 aromatic rings. The van der Waals surface area contributed by atoms with Crippen LogP contribution >= 0.6 is 24.0 Å². The molecule has 1 aromatic heterocycles. The molecule has 2 heterocycles. The molecule has 0 amide bonds. The van der Waals surface area contributed by atoms with E-state index >= 15 is 0 Å². The lowest BCUT2D eigenvalue weighted by Gasteiger charge is -2.21. The number of imidazole rings is 1. The van der Waals surface area contributed by atoms with Crippen LogP contribution in [-0.4, -0.2) is 46.6 Å². The molecule has 1 N–H and O–H groups in total. The van der Waals surface area contributed by atoms with Gasteiger partial charge in [-0.15, -0.1) is 24.0 Å². The van der Waals surface area contributed by atoms with Crippen molar-refractivity contribution < 1.29 is 0 Å². The van der Waals surface area contributed by atoms with Crippen molar-refractivity contribution in [3.05, 3.63) is 54.1 Å². The number of rotatable bonds is 7. The van der Waals surface area contributed by atoms with E-state index in [0.29, 0.717) is 5.92 Å². The second-order valence-electron chi connectivity index (χ2n) is 6.95. The van der Waals surface area contributed by atoms with Gasteiger partial charge in [-0.25, -0.2) is 4.98 Å². The van der Waals surface area contributed by atoms with Crippen molar-refractivity contribution in [1.29, 1.82) is 0 Å². The summed E-state index contributed by atoms with van der Waals surface area (Å²) in [5.41, 5.74) is 1.45. The van der Waals surface area contributed by atoms with Gasteiger partial charge >= 0.3 is 0 Å². The highest BCUT2D eigenvalue weighted by Crippen LogP contribution is 2.26. The number of hydrogen-bond donors (Lipinski definition) is 1. The number of likely N-dealkylation sites (tertiary alicyclic amines) is 1. The maximum absolute atomic E-state index is 4.87. The van der Waals surface area contributed by atoms with Crippen LogP contribution in [0.15, 0.2) is 47.7 Å². The van der Waals surface area contributed by atoms with Crippen molar-refractivity contribution in [3.63, 3.8) is 0 Å². The highest BCUT2D eigenvalue weighted by atomic mass is 127. The number of aliphatic imine (C=N–C) groups is 1. The van der Waals surface area contributed by atoms with Crippen LogP contribution in [0.3, 0.4) is 0 Å². The summed E-state index contributed by atoms with van der Waals surface area (Å²) in [6.07, 6.45) is 7.35. The van der Waals surface area contributed by atoms with E-state index < -0.39 is 0 Å². The molecule has 6 heteroatoms. The molecule has 0 bridgehead atoms. The Morgan fingerprint density at radius 2 is 2.07 bits per heavy atom. The molecule has 0 aliphatic carbocycles. The lowest BCUT2D eigenvalue weighted by molar-refractivity contribution is 0.484. The van der Waals surface area contributed by atoms with Crippen LogP contribution in [0.1, 0.15) is 43.5 Å². The van der Waals surface area contributed by atoms with Gasteiger partial charge in [-0.2, -0.15) is 0 Å². The topological polar surface area (TPSA) is 45.5 Å². The number of aryl methyl sites for hydroxylation is 2. The molecule has 1 aliphatic rings. The summed E-state index contributed by atoms with van der Waals surface area (Å²) >= 11 is 0. The third-order valence-electron chi connectivity index (χ3n) is 5.09. The van der Waals surface area contributed by atoms with E-state index in [2.05, 4.69) is 70.1 Å². The zero-order valence-corrected chi connectivity index (χ0v) is 18.8. The minimum absolute atomic E-state index is 0. The fourth-order valence-electron chi connectivity index (χ4n) is 3.59. The molecule has 148 valence electrons. The standard InChI is InChI=1S/C21H31N5.HI/c1-3-22-21(24-12-7-8-14-25-16-13-23-18(25)2)26-15-11-20(17-26)19-9-5-4-6-10-19;/h4-6,9-10,13,16,20H,3,7-8,11-12,14-15,17H2,1-2H3,(H,22,24);1H. The summed E-state index contributed by atoms with van der Waals surface area (Å²) in [5.74, 6) is 2.78. The minimum atomic E-state index is 0. The van der Waals surface area contributed by atoms with E-state index in [4.69, 9.17) is 4.99 Å². The van der Waals surface area contributed by atoms with Crippen LogP contribution in [-0.2, 0) is 6.54 Å². The summed E-state index contributed by atoms with van der Waals surface area (Å²) in [5, 5.41) is 3.47. The second kappa shape index (κ2) is 11.3. The number of benzene rings is 1. The number of halogens is 1. The average Bonchev–Trinajstić information content (AvgIpc) is 3.31.